The Morgan fingerprint density at radius 2 is 1.91 bits per heavy atom. The van der Waals surface area contributed by atoms with Crippen LogP contribution in [0.4, 0.5) is 13.2 Å². The van der Waals surface area contributed by atoms with Crippen molar-refractivity contribution in [2.24, 2.45) is 11.1 Å². The molecule has 0 amide bonds. The number of rotatable bonds is 5. The maximum atomic E-state index is 12.1. The van der Waals surface area contributed by atoms with Crippen LogP contribution in [0.1, 0.15) is 18.9 Å². The van der Waals surface area contributed by atoms with Crippen molar-refractivity contribution in [1.29, 1.82) is 0 Å². The predicted molar refractivity (Wildman–Crippen MR) is 82.3 cm³/mol. The summed E-state index contributed by atoms with van der Waals surface area (Å²) in [6.07, 6.45) is -3.23. The number of nitrogens with zero attached hydrogens (tertiary/aromatic N) is 1. The van der Waals surface area contributed by atoms with E-state index in [4.69, 9.17) is 10.5 Å². The van der Waals surface area contributed by atoms with Crippen molar-refractivity contribution in [3.8, 4) is 5.75 Å². The zero-order valence-electron chi connectivity index (χ0n) is 12.5. The number of nitrogens with two attached hydrogens (primary N) is 1. The molecule has 3 nitrogen and oxygen atoms in total. The van der Waals surface area contributed by atoms with Crippen LogP contribution in [0.2, 0.25) is 0 Å². The van der Waals surface area contributed by atoms with Gasteiger partial charge in [-0.05, 0) is 42.6 Å². The predicted octanol–water partition coefficient (Wildman–Crippen LogP) is 3.22. The van der Waals surface area contributed by atoms with Crippen LogP contribution < -0.4 is 10.5 Å². The second-order valence-corrected chi connectivity index (χ2v) is 6.02. The van der Waals surface area contributed by atoms with Gasteiger partial charge in [-0.15, -0.1) is 12.4 Å². The largest absolute Gasteiger partial charge is 0.484 e. The van der Waals surface area contributed by atoms with Gasteiger partial charge in [-0.2, -0.15) is 13.2 Å². The molecule has 0 aromatic heterocycles. The highest BCUT2D eigenvalue weighted by Gasteiger charge is 2.32. The van der Waals surface area contributed by atoms with Gasteiger partial charge in [-0.25, -0.2) is 0 Å². The quantitative estimate of drug-likeness (QED) is 0.896. The first-order valence-electron chi connectivity index (χ1n) is 7.01. The summed E-state index contributed by atoms with van der Waals surface area (Å²) < 4.78 is 40.9. The van der Waals surface area contributed by atoms with Gasteiger partial charge in [0.05, 0.1) is 0 Å². The molecule has 1 aromatic rings. The molecule has 0 saturated carbocycles. The summed E-state index contributed by atoms with van der Waals surface area (Å²) in [5.74, 6) is 0.240. The van der Waals surface area contributed by atoms with E-state index < -0.39 is 12.8 Å². The van der Waals surface area contributed by atoms with Gasteiger partial charge in [-0.1, -0.05) is 19.1 Å². The molecule has 1 aromatic carbocycles. The minimum atomic E-state index is -4.30. The van der Waals surface area contributed by atoms with Crippen LogP contribution >= 0.6 is 12.4 Å². The van der Waals surface area contributed by atoms with Crippen LogP contribution in [-0.2, 0) is 6.54 Å². The average Bonchev–Trinajstić information content (AvgIpc) is 2.79. The van der Waals surface area contributed by atoms with E-state index in [1.165, 1.54) is 0 Å². The van der Waals surface area contributed by atoms with Gasteiger partial charge in [-0.3, -0.25) is 4.90 Å². The molecule has 22 heavy (non-hydrogen) atoms. The van der Waals surface area contributed by atoms with Gasteiger partial charge in [0.25, 0.3) is 0 Å². The summed E-state index contributed by atoms with van der Waals surface area (Å²) in [5.41, 5.74) is 7.02. The molecular formula is C15H22ClF3N2O. The Morgan fingerprint density at radius 3 is 2.41 bits per heavy atom. The van der Waals surface area contributed by atoms with Gasteiger partial charge >= 0.3 is 6.18 Å². The first-order chi connectivity index (χ1) is 9.80. The Hall–Kier alpha value is -0.980. The molecule has 0 bridgehead atoms. The molecule has 1 unspecified atom stereocenters. The molecule has 126 valence electrons. The number of alkyl halides is 3. The number of ether oxygens (including phenoxy) is 1. The first-order valence-corrected chi connectivity index (χ1v) is 7.01. The van der Waals surface area contributed by atoms with Crippen LogP contribution in [0.3, 0.4) is 0 Å². The van der Waals surface area contributed by atoms with Crippen molar-refractivity contribution >= 4 is 12.4 Å². The fourth-order valence-electron chi connectivity index (χ4n) is 2.54. The van der Waals surface area contributed by atoms with Crippen LogP contribution in [0.15, 0.2) is 24.3 Å². The van der Waals surface area contributed by atoms with E-state index in [2.05, 4.69) is 11.8 Å². The van der Waals surface area contributed by atoms with Crippen molar-refractivity contribution in [2.45, 2.75) is 26.1 Å². The third-order valence-electron chi connectivity index (χ3n) is 3.86. The number of halogens is 4. The molecule has 7 heteroatoms. The Bertz CT molecular complexity index is 467. The maximum absolute atomic E-state index is 12.1. The molecule has 1 aliphatic rings. The summed E-state index contributed by atoms with van der Waals surface area (Å²) >= 11 is 0. The van der Waals surface area contributed by atoms with Crippen molar-refractivity contribution in [1.82, 2.24) is 4.90 Å². The third kappa shape index (κ3) is 5.66. The second-order valence-electron chi connectivity index (χ2n) is 6.02. The van der Waals surface area contributed by atoms with E-state index in [0.717, 1.165) is 31.6 Å². The second kappa shape index (κ2) is 7.53. The number of hydrogen-bond donors (Lipinski definition) is 1. The molecule has 1 aliphatic heterocycles. The van der Waals surface area contributed by atoms with Crippen LogP contribution in [0.5, 0.6) is 5.75 Å². The summed E-state index contributed by atoms with van der Waals surface area (Å²) in [4.78, 5) is 2.32. The lowest BCUT2D eigenvalue weighted by molar-refractivity contribution is -0.153. The van der Waals surface area contributed by atoms with Gasteiger partial charge < -0.3 is 10.5 Å². The van der Waals surface area contributed by atoms with Crippen molar-refractivity contribution < 1.29 is 17.9 Å². The first kappa shape index (κ1) is 19.1. The van der Waals surface area contributed by atoms with E-state index in [1.54, 1.807) is 12.1 Å². The van der Waals surface area contributed by atoms with Gasteiger partial charge in [0.15, 0.2) is 6.61 Å². The average molecular weight is 339 g/mol. The van der Waals surface area contributed by atoms with Gasteiger partial charge in [0.1, 0.15) is 5.75 Å². The van der Waals surface area contributed by atoms with Crippen LogP contribution in [0.25, 0.3) is 0 Å². The third-order valence-corrected chi connectivity index (χ3v) is 3.86. The molecule has 0 spiro atoms. The number of hydrogen-bond acceptors (Lipinski definition) is 3. The minimum absolute atomic E-state index is 0. The summed E-state index contributed by atoms with van der Waals surface area (Å²) in [7, 11) is 0. The van der Waals surface area contributed by atoms with E-state index in [9.17, 15) is 13.2 Å². The van der Waals surface area contributed by atoms with E-state index >= 15 is 0 Å². The monoisotopic (exact) mass is 338 g/mol. The number of benzene rings is 1. The highest BCUT2D eigenvalue weighted by atomic mass is 35.5. The maximum Gasteiger partial charge on any atom is 0.422 e. The van der Waals surface area contributed by atoms with Gasteiger partial charge in [0, 0.05) is 13.1 Å². The molecule has 1 atom stereocenters. The Morgan fingerprint density at radius 1 is 1.27 bits per heavy atom. The molecule has 1 heterocycles. The molecule has 2 N–H and O–H groups in total. The molecule has 0 radical (unpaired) electrons. The van der Waals surface area contributed by atoms with E-state index in [1.807, 2.05) is 12.1 Å². The highest BCUT2D eigenvalue weighted by Crippen LogP contribution is 2.29. The lowest BCUT2D eigenvalue weighted by Gasteiger charge is -2.22. The van der Waals surface area contributed by atoms with Crippen LogP contribution in [-0.4, -0.2) is 37.3 Å². The normalized spacial score (nSPS) is 22.4. The van der Waals surface area contributed by atoms with E-state index in [-0.39, 0.29) is 23.6 Å². The Labute approximate surface area is 135 Å². The summed E-state index contributed by atoms with van der Waals surface area (Å²) in [6, 6.07) is 6.78. The Balaban J connectivity index is 0.00000242. The zero-order chi connectivity index (χ0) is 15.5. The highest BCUT2D eigenvalue weighted by molar-refractivity contribution is 5.85. The number of likely N-dealkylation sites (tertiary alicyclic amines) is 1. The smallest absolute Gasteiger partial charge is 0.422 e. The lowest BCUT2D eigenvalue weighted by atomic mass is 9.90. The fraction of sp³-hybridized carbons (Fsp3) is 0.600. The standard InChI is InChI=1S/C15H21F3N2O.ClH/c1-14(9-19)6-7-20(10-14)8-12-2-4-13(5-3-12)21-11-15(16,17)18;/h2-5H,6-11,19H2,1H3;1H. The van der Waals surface area contributed by atoms with E-state index in [0.29, 0.717) is 6.54 Å². The summed E-state index contributed by atoms with van der Waals surface area (Å²) in [5, 5.41) is 0. The van der Waals surface area contributed by atoms with Crippen molar-refractivity contribution in [2.75, 3.05) is 26.2 Å². The SMILES string of the molecule is CC1(CN)CCN(Cc2ccc(OCC(F)(F)F)cc2)C1.Cl. The van der Waals surface area contributed by atoms with Crippen LogP contribution in [0, 0.1) is 5.41 Å². The molecule has 0 aliphatic carbocycles. The topological polar surface area (TPSA) is 38.5 Å². The fourth-order valence-corrected chi connectivity index (χ4v) is 2.54. The summed E-state index contributed by atoms with van der Waals surface area (Å²) in [6.45, 7) is 4.34. The van der Waals surface area contributed by atoms with Crippen molar-refractivity contribution in [3.05, 3.63) is 29.8 Å². The lowest BCUT2D eigenvalue weighted by Crippen LogP contribution is -2.31. The van der Waals surface area contributed by atoms with Gasteiger partial charge in [0.2, 0.25) is 0 Å². The molecule has 1 saturated heterocycles. The minimum Gasteiger partial charge on any atom is -0.484 e. The van der Waals surface area contributed by atoms with Crippen molar-refractivity contribution in [3.63, 3.8) is 0 Å². The Kier molecular flexibility index (Phi) is 6.52. The zero-order valence-corrected chi connectivity index (χ0v) is 13.3. The molecule has 2 rings (SSSR count). The molecule has 1 fully saturated rings. The molecular weight excluding hydrogens is 317 g/mol.